The van der Waals surface area contributed by atoms with Crippen LogP contribution in [0.5, 0.6) is 0 Å². The first-order chi connectivity index (χ1) is 9.44. The number of nitrogens with one attached hydrogen (secondary N) is 2. The van der Waals surface area contributed by atoms with Crippen LogP contribution >= 0.6 is 0 Å². The monoisotopic (exact) mass is 276 g/mol. The molecule has 2 rings (SSSR count). The lowest BCUT2D eigenvalue weighted by Gasteiger charge is -2.24. The average Bonchev–Trinajstić information content (AvgIpc) is 2.31. The molecule has 7 heteroatoms. The molecule has 7 nitrogen and oxygen atoms in total. The molecule has 1 saturated heterocycles. The van der Waals surface area contributed by atoms with Crippen LogP contribution in [0, 0.1) is 6.92 Å². The van der Waals surface area contributed by atoms with Gasteiger partial charge < -0.3 is 11.1 Å². The highest BCUT2D eigenvalue weighted by atomic mass is 16.2. The summed E-state index contributed by atoms with van der Waals surface area (Å²) in [7, 11) is 0. The van der Waals surface area contributed by atoms with Crippen molar-refractivity contribution in [2.45, 2.75) is 6.92 Å². The predicted octanol–water partition coefficient (Wildman–Crippen LogP) is -0.526. The zero-order valence-electron chi connectivity index (χ0n) is 11.1. The van der Waals surface area contributed by atoms with Crippen LogP contribution in [0.1, 0.15) is 5.56 Å². The molecule has 0 aromatic heterocycles. The van der Waals surface area contributed by atoms with Gasteiger partial charge in [-0.1, -0.05) is 6.07 Å². The number of hydrogen-bond acceptors (Lipinski definition) is 5. The molecular weight excluding hydrogens is 260 g/mol. The summed E-state index contributed by atoms with van der Waals surface area (Å²) in [5, 5.41) is 4.84. The van der Waals surface area contributed by atoms with Gasteiger partial charge in [-0.2, -0.15) is 0 Å². The lowest BCUT2D eigenvalue weighted by molar-refractivity contribution is -0.136. The summed E-state index contributed by atoms with van der Waals surface area (Å²) in [6.07, 6.45) is 0. The van der Waals surface area contributed by atoms with Gasteiger partial charge in [0.05, 0.1) is 31.0 Å². The van der Waals surface area contributed by atoms with Crippen LogP contribution in [0.2, 0.25) is 0 Å². The molecule has 1 aliphatic rings. The van der Waals surface area contributed by atoms with E-state index >= 15 is 0 Å². The van der Waals surface area contributed by atoms with Gasteiger partial charge in [0, 0.05) is 0 Å². The van der Waals surface area contributed by atoms with E-state index in [2.05, 4.69) is 10.6 Å². The van der Waals surface area contributed by atoms with Crippen molar-refractivity contribution >= 4 is 29.1 Å². The maximum Gasteiger partial charge on any atom is 0.240 e. The number of rotatable bonds is 3. The molecule has 20 heavy (non-hydrogen) atoms. The molecule has 3 amide bonds. The second-order valence-corrected chi connectivity index (χ2v) is 4.76. The first-order valence-corrected chi connectivity index (χ1v) is 6.15. The fourth-order valence-corrected chi connectivity index (χ4v) is 2.00. The Kier molecular flexibility index (Phi) is 3.99. The number of carbonyl (C=O) groups excluding carboxylic acids is 3. The average molecular weight is 276 g/mol. The first-order valence-electron chi connectivity index (χ1n) is 6.15. The summed E-state index contributed by atoms with van der Waals surface area (Å²) >= 11 is 0. The quantitative estimate of drug-likeness (QED) is 0.509. The Bertz CT molecular complexity index is 555. The van der Waals surface area contributed by atoms with E-state index in [-0.39, 0.29) is 25.5 Å². The molecule has 4 N–H and O–H groups in total. The third-order valence-electron chi connectivity index (χ3n) is 2.86. The topological polar surface area (TPSA) is 105 Å². The normalized spacial score (nSPS) is 15.8. The number of piperazine rings is 1. The van der Waals surface area contributed by atoms with Crippen LogP contribution in [0.25, 0.3) is 0 Å². The van der Waals surface area contributed by atoms with Crippen molar-refractivity contribution < 1.29 is 14.4 Å². The summed E-state index contributed by atoms with van der Waals surface area (Å²) in [4.78, 5) is 35.7. The number of imide groups is 1. The highest BCUT2D eigenvalue weighted by molar-refractivity contribution is 6.01. The second-order valence-electron chi connectivity index (χ2n) is 4.76. The highest BCUT2D eigenvalue weighted by Gasteiger charge is 2.24. The van der Waals surface area contributed by atoms with Gasteiger partial charge in [-0.15, -0.1) is 0 Å². The van der Waals surface area contributed by atoms with Gasteiger partial charge >= 0.3 is 0 Å². The number of anilines is 2. The van der Waals surface area contributed by atoms with Crippen molar-refractivity contribution in [1.82, 2.24) is 10.2 Å². The number of amides is 3. The lowest BCUT2D eigenvalue weighted by atomic mass is 10.2. The van der Waals surface area contributed by atoms with E-state index in [9.17, 15) is 14.4 Å². The van der Waals surface area contributed by atoms with Crippen LogP contribution in [0.15, 0.2) is 18.2 Å². The summed E-state index contributed by atoms with van der Waals surface area (Å²) in [5.74, 6) is -1.11. The number of benzene rings is 1. The standard InChI is InChI=1S/C13H16N4O3/c1-8-2-3-10(9(14)4-8)15-11(18)5-17-6-12(19)16-13(20)7-17/h2-4H,5-7,14H2,1H3,(H,15,18)(H,16,19,20). The van der Waals surface area contributed by atoms with E-state index < -0.39 is 11.8 Å². The van der Waals surface area contributed by atoms with Gasteiger partial charge in [-0.3, -0.25) is 24.6 Å². The molecule has 0 spiro atoms. The Labute approximate surface area is 116 Å². The number of hydrogen-bond donors (Lipinski definition) is 3. The SMILES string of the molecule is Cc1ccc(NC(=O)CN2CC(=O)NC(=O)C2)c(N)c1. The van der Waals surface area contributed by atoms with Gasteiger partial charge in [0.15, 0.2) is 0 Å². The summed E-state index contributed by atoms with van der Waals surface area (Å²) < 4.78 is 0. The van der Waals surface area contributed by atoms with Crippen LogP contribution in [-0.2, 0) is 14.4 Å². The van der Waals surface area contributed by atoms with E-state index in [1.807, 2.05) is 13.0 Å². The van der Waals surface area contributed by atoms with Crippen molar-refractivity contribution in [3.8, 4) is 0 Å². The number of carbonyl (C=O) groups is 3. The molecule has 0 unspecified atom stereocenters. The smallest absolute Gasteiger partial charge is 0.240 e. The van der Waals surface area contributed by atoms with E-state index in [1.54, 1.807) is 12.1 Å². The van der Waals surface area contributed by atoms with Crippen molar-refractivity contribution in [3.05, 3.63) is 23.8 Å². The van der Waals surface area contributed by atoms with Crippen molar-refractivity contribution in [3.63, 3.8) is 0 Å². The van der Waals surface area contributed by atoms with Crippen LogP contribution in [0.3, 0.4) is 0 Å². The molecule has 0 atom stereocenters. The molecule has 0 bridgehead atoms. The maximum absolute atomic E-state index is 11.9. The van der Waals surface area contributed by atoms with Gasteiger partial charge in [0.1, 0.15) is 0 Å². The van der Waals surface area contributed by atoms with Crippen LogP contribution in [0.4, 0.5) is 11.4 Å². The number of nitrogen functional groups attached to an aromatic ring is 1. The maximum atomic E-state index is 11.9. The fourth-order valence-electron chi connectivity index (χ4n) is 2.00. The minimum absolute atomic E-state index is 0.0303. The van der Waals surface area contributed by atoms with Gasteiger partial charge in [0.25, 0.3) is 0 Å². The molecule has 0 aliphatic carbocycles. The Morgan fingerprint density at radius 1 is 1.35 bits per heavy atom. The van der Waals surface area contributed by atoms with Gasteiger partial charge in [0.2, 0.25) is 17.7 Å². The zero-order chi connectivity index (χ0) is 14.7. The molecule has 106 valence electrons. The minimum Gasteiger partial charge on any atom is -0.397 e. The minimum atomic E-state index is -0.399. The molecule has 1 fully saturated rings. The third-order valence-corrected chi connectivity index (χ3v) is 2.86. The van der Waals surface area contributed by atoms with Crippen molar-refractivity contribution in [2.75, 3.05) is 30.7 Å². The largest absolute Gasteiger partial charge is 0.397 e. The van der Waals surface area contributed by atoms with Crippen molar-refractivity contribution in [1.29, 1.82) is 0 Å². The number of nitrogens with two attached hydrogens (primary N) is 1. The molecule has 0 saturated carbocycles. The Morgan fingerprint density at radius 2 is 2.00 bits per heavy atom. The predicted molar refractivity (Wildman–Crippen MR) is 73.8 cm³/mol. The van der Waals surface area contributed by atoms with Gasteiger partial charge in [-0.25, -0.2) is 0 Å². The highest BCUT2D eigenvalue weighted by Crippen LogP contribution is 2.19. The number of aryl methyl sites for hydroxylation is 1. The molecule has 1 aromatic carbocycles. The molecule has 1 aliphatic heterocycles. The zero-order valence-corrected chi connectivity index (χ0v) is 11.1. The summed E-state index contributed by atoms with van der Waals surface area (Å²) in [5.41, 5.74) is 7.80. The Balaban J connectivity index is 1.95. The molecule has 1 aromatic rings. The summed E-state index contributed by atoms with van der Waals surface area (Å²) in [6.45, 7) is 1.93. The van der Waals surface area contributed by atoms with Crippen molar-refractivity contribution in [2.24, 2.45) is 0 Å². The fraction of sp³-hybridized carbons (Fsp3) is 0.308. The molecule has 1 heterocycles. The van der Waals surface area contributed by atoms with E-state index in [4.69, 9.17) is 5.73 Å². The van der Waals surface area contributed by atoms with E-state index in [0.717, 1.165) is 5.56 Å². The number of nitrogens with zero attached hydrogens (tertiary/aromatic N) is 1. The van der Waals surface area contributed by atoms with Crippen LogP contribution in [-0.4, -0.2) is 42.3 Å². The second kappa shape index (κ2) is 5.70. The lowest BCUT2D eigenvalue weighted by Crippen LogP contribution is -2.53. The van der Waals surface area contributed by atoms with E-state index in [0.29, 0.717) is 11.4 Å². The van der Waals surface area contributed by atoms with Gasteiger partial charge in [-0.05, 0) is 24.6 Å². The van der Waals surface area contributed by atoms with Crippen LogP contribution < -0.4 is 16.4 Å². The third kappa shape index (κ3) is 3.55. The first kappa shape index (κ1) is 14.0. The van der Waals surface area contributed by atoms with E-state index in [1.165, 1.54) is 4.90 Å². The molecular formula is C13H16N4O3. The molecule has 0 radical (unpaired) electrons. The Morgan fingerprint density at radius 3 is 2.60 bits per heavy atom. The Hall–Kier alpha value is -2.41. The summed E-state index contributed by atoms with van der Waals surface area (Å²) in [6, 6.07) is 5.31.